The summed E-state index contributed by atoms with van der Waals surface area (Å²) >= 11 is 0. The standard InChI is InChI=1S/C13H20N4O/c1-12(2)11(13(12,3)4)17-10(18)8-6-16-9(14-5)7-15-8/h6-7,11H,1-5H3,(H,14,16)(H,17,18). The molecule has 0 radical (unpaired) electrons. The lowest BCUT2D eigenvalue weighted by Gasteiger charge is -2.06. The van der Waals surface area contributed by atoms with E-state index in [9.17, 15) is 4.79 Å². The van der Waals surface area contributed by atoms with Gasteiger partial charge in [-0.2, -0.15) is 0 Å². The Balaban J connectivity index is 2.05. The first-order valence-corrected chi connectivity index (χ1v) is 6.11. The maximum Gasteiger partial charge on any atom is 0.271 e. The highest BCUT2D eigenvalue weighted by Crippen LogP contribution is 2.62. The number of nitrogens with zero attached hydrogens (tertiary/aromatic N) is 2. The Morgan fingerprint density at radius 3 is 2.17 bits per heavy atom. The van der Waals surface area contributed by atoms with Gasteiger partial charge in [0.1, 0.15) is 11.5 Å². The zero-order chi connectivity index (χ0) is 13.6. The summed E-state index contributed by atoms with van der Waals surface area (Å²) in [4.78, 5) is 20.2. The van der Waals surface area contributed by atoms with Gasteiger partial charge in [-0.15, -0.1) is 0 Å². The van der Waals surface area contributed by atoms with Crippen LogP contribution in [0.15, 0.2) is 12.4 Å². The van der Waals surface area contributed by atoms with E-state index in [4.69, 9.17) is 0 Å². The first kappa shape index (κ1) is 12.8. The molecule has 1 aliphatic rings. The van der Waals surface area contributed by atoms with Crippen LogP contribution in [-0.2, 0) is 0 Å². The Hall–Kier alpha value is -1.65. The van der Waals surface area contributed by atoms with Crippen molar-refractivity contribution in [2.75, 3.05) is 12.4 Å². The molecule has 1 aromatic rings. The van der Waals surface area contributed by atoms with Gasteiger partial charge in [0.2, 0.25) is 0 Å². The Morgan fingerprint density at radius 1 is 1.17 bits per heavy atom. The Bertz CT molecular complexity index is 450. The van der Waals surface area contributed by atoms with Crippen molar-refractivity contribution in [3.05, 3.63) is 18.1 Å². The summed E-state index contributed by atoms with van der Waals surface area (Å²) in [5.41, 5.74) is 0.606. The molecule has 0 spiro atoms. The zero-order valence-electron chi connectivity index (χ0n) is 11.5. The third kappa shape index (κ3) is 1.83. The normalized spacial score (nSPS) is 20.3. The molecule has 0 aliphatic heterocycles. The fraction of sp³-hybridized carbons (Fsp3) is 0.615. The molecule has 0 bridgehead atoms. The number of carbonyl (C=O) groups excluding carboxylic acids is 1. The summed E-state index contributed by atoms with van der Waals surface area (Å²) in [5, 5.41) is 5.89. The van der Waals surface area contributed by atoms with Crippen LogP contribution in [-0.4, -0.2) is 29.0 Å². The van der Waals surface area contributed by atoms with E-state index in [0.717, 1.165) is 0 Å². The van der Waals surface area contributed by atoms with Crippen molar-refractivity contribution in [1.29, 1.82) is 0 Å². The number of anilines is 1. The van der Waals surface area contributed by atoms with Crippen LogP contribution in [0.1, 0.15) is 38.2 Å². The topological polar surface area (TPSA) is 66.9 Å². The summed E-state index contributed by atoms with van der Waals surface area (Å²) in [6, 6.07) is 0.184. The van der Waals surface area contributed by atoms with E-state index >= 15 is 0 Å². The van der Waals surface area contributed by atoms with Gasteiger partial charge in [-0.1, -0.05) is 27.7 Å². The molecule has 2 N–H and O–H groups in total. The molecule has 0 unspecified atom stereocenters. The van der Waals surface area contributed by atoms with Crippen molar-refractivity contribution in [3.63, 3.8) is 0 Å². The van der Waals surface area contributed by atoms with E-state index in [2.05, 4.69) is 48.3 Å². The molecule has 1 saturated carbocycles. The van der Waals surface area contributed by atoms with Crippen LogP contribution in [0.3, 0.4) is 0 Å². The number of amides is 1. The first-order valence-electron chi connectivity index (χ1n) is 6.11. The third-order valence-corrected chi connectivity index (χ3v) is 4.44. The van der Waals surface area contributed by atoms with E-state index in [-0.39, 0.29) is 22.8 Å². The highest BCUT2D eigenvalue weighted by Gasteiger charge is 2.65. The molecule has 2 rings (SSSR count). The summed E-state index contributed by atoms with van der Waals surface area (Å²) in [7, 11) is 1.76. The van der Waals surface area contributed by atoms with Gasteiger partial charge in [-0.25, -0.2) is 9.97 Å². The molecule has 1 heterocycles. The minimum Gasteiger partial charge on any atom is -0.372 e. The van der Waals surface area contributed by atoms with Crippen LogP contribution in [0.2, 0.25) is 0 Å². The monoisotopic (exact) mass is 248 g/mol. The average molecular weight is 248 g/mol. The minimum atomic E-state index is -0.159. The number of carbonyl (C=O) groups is 1. The minimum absolute atomic E-state index is 0.126. The van der Waals surface area contributed by atoms with Crippen LogP contribution in [0.5, 0.6) is 0 Å². The predicted molar refractivity (Wildman–Crippen MR) is 70.4 cm³/mol. The molecule has 0 saturated heterocycles. The SMILES string of the molecule is CNc1cnc(C(=O)NC2C(C)(C)C2(C)C)cn1. The number of hydrogen-bond donors (Lipinski definition) is 2. The molecule has 1 amide bonds. The van der Waals surface area contributed by atoms with Gasteiger partial charge in [0.25, 0.3) is 5.91 Å². The molecule has 98 valence electrons. The van der Waals surface area contributed by atoms with Crippen LogP contribution < -0.4 is 10.6 Å². The van der Waals surface area contributed by atoms with Gasteiger partial charge in [-0.05, 0) is 10.8 Å². The molecule has 5 nitrogen and oxygen atoms in total. The molecule has 0 atom stereocenters. The summed E-state index contributed by atoms with van der Waals surface area (Å²) in [6.45, 7) is 8.64. The highest BCUT2D eigenvalue weighted by molar-refractivity contribution is 5.92. The van der Waals surface area contributed by atoms with Crippen molar-refractivity contribution in [2.45, 2.75) is 33.7 Å². The Morgan fingerprint density at radius 2 is 1.78 bits per heavy atom. The second-order valence-electron chi connectivity index (χ2n) is 5.89. The second-order valence-corrected chi connectivity index (χ2v) is 5.89. The van der Waals surface area contributed by atoms with E-state index in [1.165, 1.54) is 6.20 Å². The van der Waals surface area contributed by atoms with Crippen LogP contribution in [0.25, 0.3) is 0 Å². The first-order chi connectivity index (χ1) is 8.30. The number of hydrogen-bond acceptors (Lipinski definition) is 4. The number of aromatic nitrogens is 2. The lowest BCUT2D eigenvalue weighted by molar-refractivity contribution is 0.0938. The molecule has 1 aromatic heterocycles. The Kier molecular flexibility index (Phi) is 2.80. The van der Waals surface area contributed by atoms with Gasteiger partial charge in [0.15, 0.2) is 0 Å². The molecular formula is C13H20N4O. The quantitative estimate of drug-likeness (QED) is 0.854. The molecule has 5 heteroatoms. The average Bonchev–Trinajstić information content (AvgIpc) is 2.72. The van der Waals surface area contributed by atoms with E-state index in [1.807, 2.05) is 0 Å². The maximum atomic E-state index is 12.0. The highest BCUT2D eigenvalue weighted by atomic mass is 16.2. The maximum absolute atomic E-state index is 12.0. The van der Waals surface area contributed by atoms with Gasteiger partial charge < -0.3 is 10.6 Å². The lowest BCUT2D eigenvalue weighted by atomic mass is 10.0. The summed E-state index contributed by atoms with van der Waals surface area (Å²) in [5.74, 6) is 0.493. The smallest absolute Gasteiger partial charge is 0.271 e. The van der Waals surface area contributed by atoms with E-state index in [1.54, 1.807) is 13.2 Å². The molecule has 18 heavy (non-hydrogen) atoms. The Labute approximate surface area is 107 Å². The molecule has 0 aromatic carbocycles. The van der Waals surface area contributed by atoms with Gasteiger partial charge in [0.05, 0.1) is 12.4 Å². The van der Waals surface area contributed by atoms with Crippen LogP contribution in [0.4, 0.5) is 5.82 Å². The van der Waals surface area contributed by atoms with Gasteiger partial charge in [-0.3, -0.25) is 4.79 Å². The molecule has 1 fully saturated rings. The third-order valence-electron chi connectivity index (χ3n) is 4.44. The zero-order valence-corrected chi connectivity index (χ0v) is 11.5. The summed E-state index contributed by atoms with van der Waals surface area (Å²) < 4.78 is 0. The fourth-order valence-corrected chi connectivity index (χ4v) is 2.34. The van der Waals surface area contributed by atoms with Crippen molar-refractivity contribution in [2.24, 2.45) is 10.8 Å². The van der Waals surface area contributed by atoms with Crippen molar-refractivity contribution >= 4 is 11.7 Å². The second kappa shape index (κ2) is 3.93. The van der Waals surface area contributed by atoms with Crippen molar-refractivity contribution in [1.82, 2.24) is 15.3 Å². The number of nitrogens with one attached hydrogen (secondary N) is 2. The van der Waals surface area contributed by atoms with Crippen LogP contribution >= 0.6 is 0 Å². The molecule has 1 aliphatic carbocycles. The fourth-order valence-electron chi connectivity index (χ4n) is 2.34. The molecular weight excluding hydrogens is 228 g/mol. The largest absolute Gasteiger partial charge is 0.372 e. The van der Waals surface area contributed by atoms with Crippen LogP contribution in [0, 0.1) is 10.8 Å². The van der Waals surface area contributed by atoms with Crippen molar-refractivity contribution < 1.29 is 4.79 Å². The lowest BCUT2D eigenvalue weighted by Crippen LogP contribution is -2.30. The van der Waals surface area contributed by atoms with E-state index in [0.29, 0.717) is 11.5 Å². The summed E-state index contributed by atoms with van der Waals surface area (Å²) in [6.07, 6.45) is 3.04. The van der Waals surface area contributed by atoms with Crippen molar-refractivity contribution in [3.8, 4) is 0 Å². The number of rotatable bonds is 3. The predicted octanol–water partition coefficient (Wildman–Crippen LogP) is 1.68. The van der Waals surface area contributed by atoms with Gasteiger partial charge in [0, 0.05) is 13.1 Å². The van der Waals surface area contributed by atoms with Gasteiger partial charge >= 0.3 is 0 Å². The van der Waals surface area contributed by atoms with E-state index < -0.39 is 0 Å².